The van der Waals surface area contributed by atoms with Crippen molar-refractivity contribution in [2.45, 2.75) is 32.4 Å². The van der Waals surface area contributed by atoms with E-state index in [-0.39, 0.29) is 24.8 Å². The fourth-order valence-corrected chi connectivity index (χ4v) is 6.24. The van der Waals surface area contributed by atoms with E-state index in [1.807, 2.05) is 11.0 Å². The van der Waals surface area contributed by atoms with Crippen LogP contribution in [0.25, 0.3) is 0 Å². The van der Waals surface area contributed by atoms with Gasteiger partial charge in [-0.05, 0) is 86.2 Å². The molecule has 2 heterocycles. The molecule has 1 atom stereocenters. The van der Waals surface area contributed by atoms with Crippen molar-refractivity contribution in [3.05, 3.63) is 90.0 Å². The molecule has 11 heteroatoms. The maximum absolute atomic E-state index is 13.8. The summed E-state index contributed by atoms with van der Waals surface area (Å²) < 4.78 is 10.3. The molecule has 2 aliphatic rings. The van der Waals surface area contributed by atoms with Gasteiger partial charge in [-0.15, -0.1) is 0 Å². The number of ether oxygens (including phenoxy) is 2. The number of benzene rings is 3. The highest BCUT2D eigenvalue weighted by molar-refractivity contribution is 7.80. The number of piperazine rings is 1. The summed E-state index contributed by atoms with van der Waals surface area (Å²) in [4.78, 5) is 47.4. The Hall–Kier alpha value is -4.32. The van der Waals surface area contributed by atoms with E-state index in [1.54, 1.807) is 62.6 Å². The molecule has 0 saturated carbocycles. The topological polar surface area (TPSA) is 94.7 Å². The van der Waals surface area contributed by atoms with E-state index in [4.69, 9.17) is 21.7 Å². The fraction of sp³-hybridized carbons (Fsp3) is 0.371. The predicted octanol–water partition coefficient (Wildman–Crippen LogP) is 4.41. The molecule has 3 aromatic carbocycles. The minimum Gasteiger partial charge on any atom is -0.497 e. The molecule has 0 aliphatic carbocycles. The third kappa shape index (κ3) is 8.28. The monoisotopic (exact) mass is 643 g/mol. The molecule has 10 nitrogen and oxygen atoms in total. The summed E-state index contributed by atoms with van der Waals surface area (Å²) >= 11 is 5.85. The highest BCUT2D eigenvalue weighted by Crippen LogP contribution is 2.29. The van der Waals surface area contributed by atoms with Crippen LogP contribution < -0.4 is 15.0 Å². The number of anilines is 2. The largest absolute Gasteiger partial charge is 0.497 e. The highest BCUT2D eigenvalue weighted by atomic mass is 32.1. The van der Waals surface area contributed by atoms with Crippen molar-refractivity contribution < 1.29 is 23.9 Å². The smallest absolute Gasteiger partial charge is 0.338 e. The molecule has 0 bridgehead atoms. The molecule has 2 amide bonds. The molecule has 2 saturated heterocycles. The first kappa shape index (κ1) is 33.1. The van der Waals surface area contributed by atoms with Crippen LogP contribution in [0.5, 0.6) is 5.75 Å². The van der Waals surface area contributed by atoms with Crippen LogP contribution in [0.3, 0.4) is 0 Å². The number of amides is 2. The molecule has 1 N–H and O–H groups in total. The number of rotatable bonds is 13. The quantitative estimate of drug-likeness (QED) is 0.215. The molecule has 3 aromatic rings. The first-order chi connectivity index (χ1) is 22.4. The Labute approximate surface area is 275 Å². The Morgan fingerprint density at radius 3 is 2.22 bits per heavy atom. The molecule has 46 heavy (non-hydrogen) atoms. The van der Waals surface area contributed by atoms with Gasteiger partial charge in [0.1, 0.15) is 11.8 Å². The van der Waals surface area contributed by atoms with Gasteiger partial charge in [-0.25, -0.2) is 4.79 Å². The Balaban J connectivity index is 1.21. The lowest BCUT2D eigenvalue weighted by atomic mass is 10.1. The van der Waals surface area contributed by atoms with E-state index in [0.29, 0.717) is 34.3 Å². The van der Waals surface area contributed by atoms with Crippen LogP contribution in [0.4, 0.5) is 11.4 Å². The average molecular weight is 644 g/mol. The van der Waals surface area contributed by atoms with Crippen LogP contribution in [-0.2, 0) is 20.9 Å². The second kappa shape index (κ2) is 15.8. The summed E-state index contributed by atoms with van der Waals surface area (Å²) in [5, 5.41) is 3.25. The number of hydrogen-bond acceptors (Lipinski definition) is 8. The lowest BCUT2D eigenvalue weighted by molar-refractivity contribution is -0.124. The van der Waals surface area contributed by atoms with Crippen LogP contribution in [0, 0.1) is 0 Å². The predicted molar refractivity (Wildman–Crippen MR) is 182 cm³/mol. The number of nitrogens with one attached hydrogen (secondary N) is 1. The van der Waals surface area contributed by atoms with Gasteiger partial charge in [0, 0.05) is 45.0 Å². The molecule has 0 radical (unpaired) electrons. The number of nitrogens with zero attached hydrogens (tertiary/aromatic N) is 4. The van der Waals surface area contributed by atoms with Crippen molar-refractivity contribution in [2.24, 2.45) is 0 Å². The van der Waals surface area contributed by atoms with Gasteiger partial charge in [-0.2, -0.15) is 0 Å². The van der Waals surface area contributed by atoms with Gasteiger partial charge in [0.15, 0.2) is 5.11 Å². The van der Waals surface area contributed by atoms with E-state index < -0.39 is 12.0 Å². The van der Waals surface area contributed by atoms with Crippen LogP contribution in [0.1, 0.15) is 35.7 Å². The second-order valence-corrected chi connectivity index (χ2v) is 11.7. The average Bonchev–Trinajstić information content (AvgIpc) is 3.30. The minimum atomic E-state index is -0.740. The van der Waals surface area contributed by atoms with Gasteiger partial charge >= 0.3 is 5.97 Å². The summed E-state index contributed by atoms with van der Waals surface area (Å²) in [6.07, 6.45) is 0.736. The molecule has 0 spiro atoms. The summed E-state index contributed by atoms with van der Waals surface area (Å²) in [5.41, 5.74) is 2.88. The van der Waals surface area contributed by atoms with Crippen molar-refractivity contribution in [2.75, 3.05) is 63.2 Å². The van der Waals surface area contributed by atoms with E-state index in [9.17, 15) is 14.4 Å². The number of methoxy groups -OCH3 is 1. The van der Waals surface area contributed by atoms with Crippen LogP contribution in [0.2, 0.25) is 0 Å². The van der Waals surface area contributed by atoms with Crippen molar-refractivity contribution in [1.82, 2.24) is 14.7 Å². The van der Waals surface area contributed by atoms with Crippen molar-refractivity contribution in [3.63, 3.8) is 0 Å². The summed E-state index contributed by atoms with van der Waals surface area (Å²) in [6, 6.07) is 23.4. The number of carbonyl (C=O) groups is 3. The Kier molecular flexibility index (Phi) is 11.4. The van der Waals surface area contributed by atoms with Crippen molar-refractivity contribution >= 4 is 46.5 Å². The Morgan fingerprint density at radius 1 is 0.891 bits per heavy atom. The minimum absolute atomic E-state index is 0.0661. The maximum Gasteiger partial charge on any atom is 0.338 e. The first-order valence-corrected chi connectivity index (χ1v) is 16.1. The zero-order valence-corrected chi connectivity index (χ0v) is 27.2. The zero-order chi connectivity index (χ0) is 32.5. The van der Waals surface area contributed by atoms with Crippen LogP contribution in [-0.4, -0.2) is 96.6 Å². The highest BCUT2D eigenvalue weighted by Gasteiger charge is 2.44. The molecule has 0 aromatic heterocycles. The van der Waals surface area contributed by atoms with E-state index in [2.05, 4.69) is 39.4 Å². The third-order valence-corrected chi connectivity index (χ3v) is 8.71. The first-order valence-electron chi connectivity index (χ1n) is 15.7. The van der Waals surface area contributed by atoms with Gasteiger partial charge in [0.05, 0.1) is 31.4 Å². The van der Waals surface area contributed by atoms with E-state index >= 15 is 0 Å². The van der Waals surface area contributed by atoms with Gasteiger partial charge in [-0.3, -0.25) is 19.4 Å². The molecular formula is C35H41N5O5S. The summed E-state index contributed by atoms with van der Waals surface area (Å²) in [7, 11) is 1.59. The molecule has 0 unspecified atom stereocenters. The zero-order valence-electron chi connectivity index (χ0n) is 26.4. The molecule has 2 fully saturated rings. The van der Waals surface area contributed by atoms with E-state index in [0.717, 1.165) is 45.7 Å². The maximum atomic E-state index is 13.8. The summed E-state index contributed by atoms with van der Waals surface area (Å²) in [5.74, 6) is -0.306. The number of carbonyl (C=O) groups excluding carboxylic acids is 3. The van der Waals surface area contributed by atoms with Gasteiger partial charge < -0.3 is 24.6 Å². The summed E-state index contributed by atoms with van der Waals surface area (Å²) in [6.45, 7) is 8.38. The van der Waals surface area contributed by atoms with Crippen molar-refractivity contribution in [3.8, 4) is 5.75 Å². The van der Waals surface area contributed by atoms with E-state index in [1.165, 1.54) is 10.5 Å². The standard InChI is InChI=1S/C35H41N5O5S/c1-3-45-34(43)27-10-12-28(13-11-27)36-32(41)24-31-33(42)40(29-14-16-30(44-2)17-15-29)35(46)39(31)19-7-18-37-20-22-38(23-21-37)25-26-8-5-4-6-9-26/h4-6,8-17,31H,3,7,18-25H2,1-2H3,(H,36,41)/t31-/m1/s1. The van der Waals surface area contributed by atoms with Crippen LogP contribution >= 0.6 is 12.2 Å². The molecule has 242 valence electrons. The molecule has 2 aliphatic heterocycles. The molecular weight excluding hydrogens is 602 g/mol. The molecule has 5 rings (SSSR count). The number of thiocarbonyl (C=S) groups is 1. The number of hydrogen-bond donors (Lipinski definition) is 1. The normalized spacial score (nSPS) is 17.3. The Bertz CT molecular complexity index is 1490. The number of esters is 1. The lowest BCUT2D eigenvalue weighted by Gasteiger charge is -2.35. The van der Waals surface area contributed by atoms with Crippen molar-refractivity contribution in [1.29, 1.82) is 0 Å². The van der Waals surface area contributed by atoms with Gasteiger partial charge in [-0.1, -0.05) is 30.3 Å². The third-order valence-electron chi connectivity index (χ3n) is 8.30. The van der Waals surface area contributed by atoms with Gasteiger partial charge in [0.25, 0.3) is 5.91 Å². The SMILES string of the molecule is CCOC(=O)c1ccc(NC(=O)C[C@@H]2C(=O)N(c3ccc(OC)cc3)C(=S)N2CCCN2CCN(Cc3ccccc3)CC2)cc1. The lowest BCUT2D eigenvalue weighted by Crippen LogP contribution is -2.47. The Morgan fingerprint density at radius 2 is 1.57 bits per heavy atom. The second-order valence-electron chi connectivity index (χ2n) is 11.4. The van der Waals surface area contributed by atoms with Gasteiger partial charge in [0.2, 0.25) is 5.91 Å². The fourth-order valence-electron chi connectivity index (χ4n) is 5.83. The van der Waals surface area contributed by atoms with Crippen LogP contribution in [0.15, 0.2) is 78.9 Å².